The van der Waals surface area contributed by atoms with E-state index in [1.54, 1.807) is 38.3 Å². The zero-order valence-corrected chi connectivity index (χ0v) is 14.7. The molecule has 0 bridgehead atoms. The summed E-state index contributed by atoms with van der Waals surface area (Å²) in [6.07, 6.45) is 0.312. The fourth-order valence-corrected chi connectivity index (χ4v) is 2.57. The first kappa shape index (κ1) is 18.5. The Morgan fingerprint density at radius 1 is 1.08 bits per heavy atom. The van der Waals surface area contributed by atoms with Gasteiger partial charge in [0, 0.05) is 11.6 Å². The van der Waals surface area contributed by atoms with Gasteiger partial charge in [-0.2, -0.15) is 0 Å². The molecule has 0 aromatic heterocycles. The van der Waals surface area contributed by atoms with Gasteiger partial charge in [0.25, 0.3) is 0 Å². The van der Waals surface area contributed by atoms with Crippen molar-refractivity contribution in [3.63, 3.8) is 0 Å². The SMILES string of the molecule is COc1ccc(NC(=O)[C@H](C)[C@H](Cc2ccc(C)cc2)C(=O)O)cc1. The molecule has 2 rings (SSSR count). The fourth-order valence-electron chi connectivity index (χ4n) is 2.57. The molecule has 2 N–H and O–H groups in total. The molecule has 0 saturated carbocycles. The highest BCUT2D eigenvalue weighted by Gasteiger charge is 2.30. The van der Waals surface area contributed by atoms with Crippen LogP contribution in [0.3, 0.4) is 0 Å². The van der Waals surface area contributed by atoms with E-state index in [-0.39, 0.29) is 5.91 Å². The minimum atomic E-state index is -0.974. The summed E-state index contributed by atoms with van der Waals surface area (Å²) in [6, 6.07) is 14.6. The summed E-state index contributed by atoms with van der Waals surface area (Å²) in [6.45, 7) is 3.62. The molecule has 2 aromatic rings. The standard InChI is InChI=1S/C20H23NO4/c1-13-4-6-15(7-5-13)12-18(20(23)24)14(2)19(22)21-16-8-10-17(25-3)11-9-16/h4-11,14,18H,12H2,1-3H3,(H,21,22)(H,23,24)/t14-,18+/m1/s1. The van der Waals surface area contributed by atoms with Crippen LogP contribution >= 0.6 is 0 Å². The molecule has 25 heavy (non-hydrogen) atoms. The highest BCUT2D eigenvalue weighted by molar-refractivity contribution is 5.94. The van der Waals surface area contributed by atoms with E-state index in [2.05, 4.69) is 5.32 Å². The lowest BCUT2D eigenvalue weighted by Gasteiger charge is -2.20. The summed E-state index contributed by atoms with van der Waals surface area (Å²) in [5, 5.41) is 12.3. The van der Waals surface area contributed by atoms with Gasteiger partial charge in [-0.15, -0.1) is 0 Å². The second-order valence-electron chi connectivity index (χ2n) is 6.14. The largest absolute Gasteiger partial charge is 0.497 e. The molecule has 0 aliphatic carbocycles. The second kappa shape index (κ2) is 8.33. The van der Waals surface area contributed by atoms with Crippen molar-refractivity contribution in [1.29, 1.82) is 0 Å². The maximum Gasteiger partial charge on any atom is 0.307 e. The van der Waals surface area contributed by atoms with Crippen molar-refractivity contribution in [2.75, 3.05) is 12.4 Å². The summed E-state index contributed by atoms with van der Waals surface area (Å²) in [5.74, 6) is -2.06. The molecule has 0 fully saturated rings. The zero-order valence-electron chi connectivity index (χ0n) is 14.7. The van der Waals surface area contributed by atoms with Gasteiger partial charge in [0.05, 0.1) is 13.0 Å². The number of carbonyl (C=O) groups is 2. The highest BCUT2D eigenvalue weighted by atomic mass is 16.5. The van der Waals surface area contributed by atoms with E-state index >= 15 is 0 Å². The van der Waals surface area contributed by atoms with Crippen LogP contribution in [0.4, 0.5) is 5.69 Å². The van der Waals surface area contributed by atoms with Crippen LogP contribution in [0.15, 0.2) is 48.5 Å². The number of amides is 1. The Bertz CT molecular complexity index is 722. The average Bonchev–Trinajstić information content (AvgIpc) is 2.61. The van der Waals surface area contributed by atoms with Crippen LogP contribution in [-0.2, 0) is 16.0 Å². The van der Waals surface area contributed by atoms with Crippen molar-refractivity contribution in [3.8, 4) is 5.75 Å². The Kier molecular flexibility index (Phi) is 6.17. The van der Waals surface area contributed by atoms with Crippen molar-refractivity contribution < 1.29 is 19.4 Å². The Labute approximate surface area is 147 Å². The third-order valence-electron chi connectivity index (χ3n) is 4.27. The first-order valence-corrected chi connectivity index (χ1v) is 8.14. The number of hydrogen-bond donors (Lipinski definition) is 2. The monoisotopic (exact) mass is 341 g/mol. The maximum absolute atomic E-state index is 12.5. The predicted molar refractivity (Wildman–Crippen MR) is 96.8 cm³/mol. The number of anilines is 1. The summed E-state index contributed by atoms with van der Waals surface area (Å²) < 4.78 is 5.08. The number of rotatable bonds is 7. The molecule has 0 aliphatic heterocycles. The van der Waals surface area contributed by atoms with Crippen LogP contribution in [0.5, 0.6) is 5.75 Å². The van der Waals surface area contributed by atoms with Crippen molar-refractivity contribution in [1.82, 2.24) is 0 Å². The quantitative estimate of drug-likeness (QED) is 0.808. The second-order valence-corrected chi connectivity index (χ2v) is 6.14. The number of methoxy groups -OCH3 is 1. The fraction of sp³-hybridized carbons (Fsp3) is 0.300. The van der Waals surface area contributed by atoms with E-state index in [0.29, 0.717) is 17.9 Å². The van der Waals surface area contributed by atoms with Gasteiger partial charge < -0.3 is 15.2 Å². The van der Waals surface area contributed by atoms with E-state index in [1.165, 1.54) is 0 Å². The number of aryl methyl sites for hydroxylation is 1. The summed E-state index contributed by atoms with van der Waals surface area (Å²) in [5.41, 5.74) is 2.63. The van der Waals surface area contributed by atoms with Crippen LogP contribution < -0.4 is 10.1 Å². The van der Waals surface area contributed by atoms with E-state index in [9.17, 15) is 14.7 Å². The minimum absolute atomic E-state index is 0.312. The van der Waals surface area contributed by atoms with Gasteiger partial charge in [-0.3, -0.25) is 9.59 Å². The van der Waals surface area contributed by atoms with E-state index in [1.807, 2.05) is 31.2 Å². The third-order valence-corrected chi connectivity index (χ3v) is 4.27. The van der Waals surface area contributed by atoms with Crippen molar-refractivity contribution in [2.45, 2.75) is 20.3 Å². The van der Waals surface area contributed by atoms with Gasteiger partial charge in [-0.25, -0.2) is 0 Å². The molecule has 2 atom stereocenters. The number of hydrogen-bond acceptors (Lipinski definition) is 3. The van der Waals surface area contributed by atoms with Gasteiger partial charge in [-0.05, 0) is 43.2 Å². The minimum Gasteiger partial charge on any atom is -0.497 e. The summed E-state index contributed by atoms with van der Waals surface area (Å²) in [7, 11) is 1.57. The topological polar surface area (TPSA) is 75.6 Å². The zero-order chi connectivity index (χ0) is 18.4. The lowest BCUT2D eigenvalue weighted by molar-refractivity contribution is -0.145. The normalized spacial score (nSPS) is 12.9. The Hall–Kier alpha value is -2.82. The Morgan fingerprint density at radius 3 is 2.20 bits per heavy atom. The van der Waals surface area contributed by atoms with Crippen molar-refractivity contribution >= 4 is 17.6 Å². The molecule has 132 valence electrons. The first-order chi connectivity index (χ1) is 11.9. The number of carboxylic acids is 1. The lowest BCUT2D eigenvalue weighted by Crippen LogP contribution is -2.33. The molecule has 0 spiro atoms. The van der Waals surface area contributed by atoms with Crippen LogP contribution in [-0.4, -0.2) is 24.1 Å². The maximum atomic E-state index is 12.5. The Balaban J connectivity index is 2.07. The molecular weight excluding hydrogens is 318 g/mol. The first-order valence-electron chi connectivity index (χ1n) is 8.14. The number of ether oxygens (including phenoxy) is 1. The average molecular weight is 341 g/mol. The van der Waals surface area contributed by atoms with Crippen molar-refractivity contribution in [2.24, 2.45) is 11.8 Å². The Morgan fingerprint density at radius 2 is 1.68 bits per heavy atom. The number of aliphatic carboxylic acids is 1. The van der Waals surface area contributed by atoms with Crippen LogP contribution in [0.2, 0.25) is 0 Å². The number of carbonyl (C=O) groups excluding carboxylic acids is 1. The van der Waals surface area contributed by atoms with Gasteiger partial charge in [0.1, 0.15) is 5.75 Å². The molecular formula is C20H23NO4. The highest BCUT2D eigenvalue weighted by Crippen LogP contribution is 2.22. The lowest BCUT2D eigenvalue weighted by atomic mass is 9.87. The molecule has 1 amide bonds. The van der Waals surface area contributed by atoms with Gasteiger partial charge in [0.15, 0.2) is 0 Å². The van der Waals surface area contributed by atoms with E-state index in [4.69, 9.17) is 4.74 Å². The molecule has 0 radical (unpaired) electrons. The number of benzene rings is 2. The van der Waals surface area contributed by atoms with E-state index < -0.39 is 17.8 Å². The molecule has 5 heteroatoms. The van der Waals surface area contributed by atoms with Crippen LogP contribution in [0.25, 0.3) is 0 Å². The third kappa shape index (κ3) is 5.08. The molecule has 0 aliphatic rings. The van der Waals surface area contributed by atoms with Crippen molar-refractivity contribution in [3.05, 3.63) is 59.7 Å². The number of carboxylic acid groups (broad SMARTS) is 1. The molecule has 2 aromatic carbocycles. The van der Waals surface area contributed by atoms with Gasteiger partial charge in [0.2, 0.25) is 5.91 Å². The molecule has 5 nitrogen and oxygen atoms in total. The molecule has 0 heterocycles. The molecule has 0 saturated heterocycles. The van der Waals surface area contributed by atoms with Crippen LogP contribution in [0.1, 0.15) is 18.1 Å². The van der Waals surface area contributed by atoms with Gasteiger partial charge >= 0.3 is 5.97 Å². The van der Waals surface area contributed by atoms with E-state index in [0.717, 1.165) is 11.1 Å². The van der Waals surface area contributed by atoms with Crippen LogP contribution in [0, 0.1) is 18.8 Å². The summed E-state index contributed by atoms with van der Waals surface area (Å²) >= 11 is 0. The molecule has 0 unspecified atom stereocenters. The predicted octanol–water partition coefficient (Wildman–Crippen LogP) is 3.52. The van der Waals surface area contributed by atoms with Gasteiger partial charge in [-0.1, -0.05) is 36.8 Å². The smallest absolute Gasteiger partial charge is 0.307 e. The summed E-state index contributed by atoms with van der Waals surface area (Å²) in [4.78, 5) is 24.1. The number of nitrogens with one attached hydrogen (secondary N) is 1.